The maximum absolute atomic E-state index is 13.2. The number of nitrogens with one attached hydrogen (secondary N) is 2. The topological polar surface area (TPSA) is 135 Å². The Hall–Kier alpha value is -4.52. The summed E-state index contributed by atoms with van der Waals surface area (Å²) in [5, 5.41) is 3.34. The van der Waals surface area contributed by atoms with E-state index >= 15 is 0 Å². The first-order chi connectivity index (χ1) is 20.0. The minimum absolute atomic E-state index is 0.106. The largest absolute Gasteiger partial charge is 0.487 e. The van der Waals surface area contributed by atoms with Gasteiger partial charge in [-0.05, 0) is 36.2 Å². The van der Waals surface area contributed by atoms with Crippen molar-refractivity contribution in [2.75, 3.05) is 53.1 Å². The molecule has 216 valence electrons. The summed E-state index contributed by atoms with van der Waals surface area (Å²) in [7, 11) is 4.50. The number of hydrogen-bond acceptors (Lipinski definition) is 10. The molecule has 0 bridgehead atoms. The Morgan fingerprint density at radius 1 is 0.927 bits per heavy atom. The second kappa shape index (κ2) is 14.2. The third-order valence-corrected chi connectivity index (χ3v) is 6.10. The van der Waals surface area contributed by atoms with Crippen molar-refractivity contribution in [1.29, 1.82) is 0 Å². The maximum Gasteiger partial charge on any atom is 0.280 e. The van der Waals surface area contributed by atoms with E-state index < -0.39 is 11.3 Å². The number of fused-ring (bicyclic) bond motifs is 1. The highest BCUT2D eigenvalue weighted by Crippen LogP contribution is 2.31. The number of pyridine rings is 1. The van der Waals surface area contributed by atoms with Crippen LogP contribution < -0.4 is 25.7 Å². The van der Waals surface area contributed by atoms with Gasteiger partial charge < -0.3 is 28.8 Å². The van der Waals surface area contributed by atoms with E-state index in [2.05, 4.69) is 27.7 Å². The van der Waals surface area contributed by atoms with E-state index in [-0.39, 0.29) is 16.9 Å². The molecule has 2 heterocycles. The minimum atomic E-state index is -0.672. The zero-order valence-electron chi connectivity index (χ0n) is 23.4. The number of hydroxylamine groups is 1. The molecule has 1 amide bonds. The molecule has 12 nitrogen and oxygen atoms in total. The van der Waals surface area contributed by atoms with Crippen molar-refractivity contribution >= 4 is 28.6 Å². The highest BCUT2D eigenvalue weighted by atomic mass is 16.6. The van der Waals surface area contributed by atoms with Crippen LogP contribution in [0.2, 0.25) is 0 Å². The first-order valence-corrected chi connectivity index (χ1v) is 13.0. The summed E-state index contributed by atoms with van der Waals surface area (Å²) in [5.74, 6) is 0.621. The summed E-state index contributed by atoms with van der Waals surface area (Å²) < 4.78 is 23.5. The van der Waals surface area contributed by atoms with E-state index in [9.17, 15) is 9.59 Å². The number of methoxy groups -OCH3 is 2. The third-order valence-electron chi connectivity index (χ3n) is 6.10. The average Bonchev–Trinajstić information content (AvgIpc) is 2.99. The highest BCUT2D eigenvalue weighted by molar-refractivity contribution is 5.96. The highest BCUT2D eigenvalue weighted by Gasteiger charge is 2.18. The molecular weight excluding hydrogens is 530 g/mol. The van der Waals surface area contributed by atoms with E-state index in [0.29, 0.717) is 49.3 Å². The van der Waals surface area contributed by atoms with E-state index in [1.54, 1.807) is 37.0 Å². The Labute approximate surface area is 237 Å². The van der Waals surface area contributed by atoms with Gasteiger partial charge in [-0.3, -0.25) is 14.4 Å². The molecule has 4 aromatic rings. The minimum Gasteiger partial charge on any atom is -0.487 e. The van der Waals surface area contributed by atoms with E-state index in [4.69, 9.17) is 23.8 Å². The molecule has 0 atom stereocenters. The van der Waals surface area contributed by atoms with Crippen LogP contribution in [-0.2, 0) is 20.7 Å². The van der Waals surface area contributed by atoms with Gasteiger partial charge in [0.05, 0.1) is 25.7 Å². The Balaban J connectivity index is 1.74. The fourth-order valence-electron chi connectivity index (χ4n) is 3.99. The van der Waals surface area contributed by atoms with Gasteiger partial charge in [0.15, 0.2) is 17.1 Å². The van der Waals surface area contributed by atoms with Gasteiger partial charge in [0.2, 0.25) is 11.4 Å². The summed E-state index contributed by atoms with van der Waals surface area (Å²) in [6.07, 6.45) is 3.71. The number of nitrogens with zero attached hydrogens (tertiary/aromatic N) is 3. The van der Waals surface area contributed by atoms with Crippen molar-refractivity contribution in [3.63, 3.8) is 0 Å². The number of hydrogen-bond donors (Lipinski definition) is 2. The standard InChI is InChI=1S/C29H33N5O7/c1-5-19-6-9-21(10-7-19)34-18-23(28(36)33-39-4)26(35)22-17-30-29(32-27(22)34)31-20-8-11-24(40-14-12-37-2)25(16-20)41-15-13-38-3/h6-11,16-18H,5,12-15H2,1-4H3,(H,33,36)(H,30,31,32). The lowest BCUT2D eigenvalue weighted by molar-refractivity contribution is 0.0536. The molecule has 2 aromatic carbocycles. The van der Waals surface area contributed by atoms with Crippen LogP contribution in [0.3, 0.4) is 0 Å². The Morgan fingerprint density at radius 3 is 2.29 bits per heavy atom. The number of ether oxygens (including phenoxy) is 4. The lowest BCUT2D eigenvalue weighted by Crippen LogP contribution is -2.29. The van der Waals surface area contributed by atoms with Crippen LogP contribution in [0.1, 0.15) is 22.8 Å². The molecule has 2 N–H and O–H groups in total. The fraction of sp³-hybridized carbons (Fsp3) is 0.310. The zero-order valence-corrected chi connectivity index (χ0v) is 23.4. The number of benzene rings is 2. The van der Waals surface area contributed by atoms with Crippen LogP contribution in [0.25, 0.3) is 16.7 Å². The first-order valence-electron chi connectivity index (χ1n) is 13.0. The summed E-state index contributed by atoms with van der Waals surface area (Å²) in [6.45, 7) is 3.59. The van der Waals surface area contributed by atoms with E-state index in [0.717, 1.165) is 17.7 Å². The lowest BCUT2D eigenvalue weighted by atomic mass is 10.1. The smallest absolute Gasteiger partial charge is 0.280 e. The SMILES string of the molecule is CCc1ccc(-n2cc(C(=O)NOC)c(=O)c3cnc(Nc4ccc(OCCOC)c(OCCOC)c4)nc32)cc1. The number of carbonyl (C=O) groups excluding carboxylic acids is 1. The van der Waals surface area contributed by atoms with Crippen LogP contribution in [0.4, 0.5) is 11.6 Å². The molecular formula is C29H33N5O7. The molecule has 4 rings (SSSR count). The number of amides is 1. The second-order valence-corrected chi connectivity index (χ2v) is 8.80. The van der Waals surface area contributed by atoms with Crippen molar-refractivity contribution in [3.8, 4) is 17.2 Å². The Morgan fingerprint density at radius 2 is 1.63 bits per heavy atom. The monoisotopic (exact) mass is 563 g/mol. The molecule has 12 heteroatoms. The number of aromatic nitrogens is 3. The van der Waals surface area contributed by atoms with Crippen LogP contribution in [0, 0.1) is 0 Å². The first kappa shape index (κ1) is 29.5. The normalized spacial score (nSPS) is 10.9. The van der Waals surface area contributed by atoms with Gasteiger partial charge in [0.25, 0.3) is 5.91 Å². The van der Waals surface area contributed by atoms with Crippen molar-refractivity contribution in [2.45, 2.75) is 13.3 Å². The van der Waals surface area contributed by atoms with Gasteiger partial charge in [-0.15, -0.1) is 0 Å². The van der Waals surface area contributed by atoms with Gasteiger partial charge in [-0.1, -0.05) is 19.1 Å². The van der Waals surface area contributed by atoms with E-state index in [1.165, 1.54) is 19.5 Å². The Kier molecular flexibility index (Phi) is 10.2. The third kappa shape index (κ3) is 7.17. The van der Waals surface area contributed by atoms with Crippen LogP contribution >= 0.6 is 0 Å². The molecule has 0 aliphatic heterocycles. The summed E-state index contributed by atoms with van der Waals surface area (Å²) in [5.41, 5.74) is 4.40. The van der Waals surface area contributed by atoms with Crippen LogP contribution in [0.15, 0.2) is 59.7 Å². The number of carbonyl (C=O) groups is 1. The van der Waals surface area contributed by atoms with Gasteiger partial charge >= 0.3 is 0 Å². The average molecular weight is 564 g/mol. The van der Waals surface area contributed by atoms with Crippen molar-refractivity contribution in [3.05, 3.63) is 76.2 Å². The second-order valence-electron chi connectivity index (χ2n) is 8.80. The number of aryl methyl sites for hydroxylation is 1. The van der Waals surface area contributed by atoms with Crippen LogP contribution in [-0.4, -0.2) is 68.2 Å². The van der Waals surface area contributed by atoms with Crippen molar-refractivity contribution in [1.82, 2.24) is 20.0 Å². The van der Waals surface area contributed by atoms with Crippen molar-refractivity contribution < 1.29 is 28.6 Å². The van der Waals surface area contributed by atoms with Gasteiger partial charge in [0.1, 0.15) is 18.8 Å². The van der Waals surface area contributed by atoms with Crippen LogP contribution in [0.5, 0.6) is 11.5 Å². The molecule has 0 fully saturated rings. The quantitative estimate of drug-likeness (QED) is 0.174. The predicted molar refractivity (Wildman–Crippen MR) is 153 cm³/mol. The maximum atomic E-state index is 13.2. The summed E-state index contributed by atoms with van der Waals surface area (Å²) >= 11 is 0. The van der Waals surface area contributed by atoms with Gasteiger partial charge in [-0.2, -0.15) is 4.98 Å². The molecule has 0 spiro atoms. The fourth-order valence-corrected chi connectivity index (χ4v) is 3.99. The number of rotatable bonds is 14. The van der Waals surface area contributed by atoms with Gasteiger partial charge in [-0.25, -0.2) is 10.5 Å². The molecule has 0 saturated carbocycles. The lowest BCUT2D eigenvalue weighted by Gasteiger charge is -2.16. The molecule has 0 aliphatic rings. The summed E-state index contributed by atoms with van der Waals surface area (Å²) in [6, 6.07) is 13.1. The van der Waals surface area contributed by atoms with E-state index in [1.807, 2.05) is 24.3 Å². The summed E-state index contributed by atoms with van der Waals surface area (Å²) in [4.78, 5) is 39.6. The molecule has 0 saturated heterocycles. The molecule has 0 radical (unpaired) electrons. The molecule has 0 unspecified atom stereocenters. The molecule has 0 aliphatic carbocycles. The molecule has 41 heavy (non-hydrogen) atoms. The zero-order chi connectivity index (χ0) is 29.2. The Bertz CT molecular complexity index is 1540. The number of anilines is 2. The predicted octanol–water partition coefficient (Wildman–Crippen LogP) is 3.43. The molecule has 2 aromatic heterocycles. The van der Waals surface area contributed by atoms with Gasteiger partial charge in [0, 0.05) is 44.1 Å². The van der Waals surface area contributed by atoms with Crippen molar-refractivity contribution in [2.24, 2.45) is 0 Å².